The van der Waals surface area contributed by atoms with Crippen molar-refractivity contribution in [3.63, 3.8) is 0 Å². The van der Waals surface area contributed by atoms with E-state index in [4.69, 9.17) is 16.3 Å². The number of aromatic nitrogens is 1. The van der Waals surface area contributed by atoms with Gasteiger partial charge in [-0.3, -0.25) is 9.88 Å². The fourth-order valence-electron chi connectivity index (χ4n) is 4.11. The Kier molecular flexibility index (Phi) is 4.42. The van der Waals surface area contributed by atoms with Gasteiger partial charge in [0.15, 0.2) is 0 Å². The third-order valence-electron chi connectivity index (χ3n) is 5.50. The number of pyridine rings is 1. The maximum absolute atomic E-state index is 6.35. The Balaban J connectivity index is 1.54. The van der Waals surface area contributed by atoms with Crippen molar-refractivity contribution < 1.29 is 4.74 Å². The largest absolute Gasteiger partial charge is 0.369 e. The Morgan fingerprint density at radius 2 is 2.38 bits per heavy atom. The summed E-state index contributed by atoms with van der Waals surface area (Å²) in [6.45, 7) is 7.32. The second-order valence-electron chi connectivity index (χ2n) is 7.07. The number of hydrogen-bond acceptors (Lipinski definition) is 4. The van der Waals surface area contributed by atoms with Gasteiger partial charge in [0.05, 0.1) is 10.9 Å². The van der Waals surface area contributed by atoms with E-state index in [1.54, 1.807) is 11.3 Å². The normalized spacial score (nSPS) is 27.4. The Labute approximate surface area is 152 Å². The number of thiophene rings is 1. The Morgan fingerprint density at radius 1 is 1.50 bits per heavy atom. The van der Waals surface area contributed by atoms with Crippen LogP contribution in [0.3, 0.4) is 0 Å². The number of fused-ring (bicyclic) bond motifs is 2. The predicted molar refractivity (Wildman–Crippen MR) is 98.7 cm³/mol. The van der Waals surface area contributed by atoms with Crippen LogP contribution in [0.15, 0.2) is 24.5 Å². The zero-order chi connectivity index (χ0) is 16.7. The summed E-state index contributed by atoms with van der Waals surface area (Å²) in [4.78, 5) is 8.15. The highest BCUT2D eigenvalue weighted by Gasteiger charge is 2.44. The van der Waals surface area contributed by atoms with Crippen LogP contribution in [0.25, 0.3) is 0 Å². The second kappa shape index (κ2) is 6.41. The van der Waals surface area contributed by atoms with Crippen molar-refractivity contribution in [2.24, 2.45) is 0 Å². The number of aryl methyl sites for hydroxylation is 1. The van der Waals surface area contributed by atoms with E-state index in [1.807, 2.05) is 12.4 Å². The molecule has 4 rings (SSSR count). The van der Waals surface area contributed by atoms with Crippen LogP contribution in [0.4, 0.5) is 0 Å². The third-order valence-corrected chi connectivity index (χ3v) is 7.00. The maximum Gasteiger partial charge on any atom is 0.105 e. The minimum Gasteiger partial charge on any atom is -0.369 e. The van der Waals surface area contributed by atoms with E-state index in [2.05, 4.69) is 35.9 Å². The van der Waals surface area contributed by atoms with Crippen molar-refractivity contribution in [1.82, 2.24) is 9.88 Å². The van der Waals surface area contributed by atoms with E-state index in [-0.39, 0.29) is 5.60 Å². The lowest BCUT2D eigenvalue weighted by atomic mass is 9.82. The van der Waals surface area contributed by atoms with Gasteiger partial charge in [-0.05, 0) is 61.9 Å². The van der Waals surface area contributed by atoms with Crippen molar-refractivity contribution in [1.29, 1.82) is 0 Å². The summed E-state index contributed by atoms with van der Waals surface area (Å²) in [5.74, 6) is 0. The maximum atomic E-state index is 6.35. The number of ether oxygens (including phenoxy) is 1. The van der Waals surface area contributed by atoms with Crippen molar-refractivity contribution in [3.8, 4) is 0 Å². The molecule has 0 aromatic carbocycles. The van der Waals surface area contributed by atoms with Crippen LogP contribution in [0.1, 0.15) is 41.3 Å². The number of piperidine rings is 1. The van der Waals surface area contributed by atoms with Gasteiger partial charge in [0, 0.05) is 36.4 Å². The molecule has 0 N–H and O–H groups in total. The second-order valence-corrected chi connectivity index (χ2v) is 8.76. The van der Waals surface area contributed by atoms with Crippen molar-refractivity contribution in [2.75, 3.05) is 13.2 Å². The Morgan fingerprint density at radius 3 is 3.17 bits per heavy atom. The fourth-order valence-corrected chi connectivity index (χ4v) is 5.59. The van der Waals surface area contributed by atoms with Gasteiger partial charge in [-0.25, -0.2) is 0 Å². The van der Waals surface area contributed by atoms with Crippen LogP contribution in [-0.2, 0) is 23.3 Å². The van der Waals surface area contributed by atoms with Gasteiger partial charge in [-0.1, -0.05) is 11.6 Å². The molecule has 1 fully saturated rings. The highest BCUT2D eigenvalue weighted by molar-refractivity contribution is 7.16. The molecule has 0 aliphatic carbocycles. The average Bonchev–Trinajstić information content (AvgIpc) is 2.94. The molecule has 2 aliphatic rings. The summed E-state index contributed by atoms with van der Waals surface area (Å²) in [6.07, 6.45) is 6.93. The summed E-state index contributed by atoms with van der Waals surface area (Å²) in [7, 11) is 0. The van der Waals surface area contributed by atoms with Crippen LogP contribution in [-0.4, -0.2) is 29.1 Å². The minimum absolute atomic E-state index is 0.116. The Hall–Kier alpha value is -0.940. The van der Waals surface area contributed by atoms with Gasteiger partial charge < -0.3 is 4.74 Å². The molecule has 2 aromatic heterocycles. The SMILES string of the molecule is Cc1cnccc1CN1CC[C@]2(C[C@@H]1C)OCCc1cc(Cl)sc12. The molecule has 0 amide bonds. The first-order chi connectivity index (χ1) is 11.6. The molecule has 0 radical (unpaired) electrons. The molecule has 0 saturated carbocycles. The van der Waals surface area contributed by atoms with Gasteiger partial charge >= 0.3 is 0 Å². The molecule has 1 spiro atoms. The molecule has 0 bridgehead atoms. The van der Waals surface area contributed by atoms with Crippen LogP contribution >= 0.6 is 22.9 Å². The summed E-state index contributed by atoms with van der Waals surface area (Å²) >= 11 is 8.01. The summed E-state index contributed by atoms with van der Waals surface area (Å²) < 4.78 is 7.25. The number of hydrogen-bond donors (Lipinski definition) is 0. The van der Waals surface area contributed by atoms with Crippen molar-refractivity contribution >= 4 is 22.9 Å². The van der Waals surface area contributed by atoms with Crippen LogP contribution in [0, 0.1) is 6.92 Å². The van der Waals surface area contributed by atoms with E-state index >= 15 is 0 Å². The fraction of sp³-hybridized carbons (Fsp3) is 0.526. The topological polar surface area (TPSA) is 25.4 Å². The molecule has 128 valence electrons. The molecule has 1 saturated heterocycles. The number of halogens is 1. The predicted octanol–water partition coefficient (Wildman–Crippen LogP) is 4.56. The highest BCUT2D eigenvalue weighted by Crippen LogP contribution is 2.48. The summed E-state index contributed by atoms with van der Waals surface area (Å²) in [5.41, 5.74) is 3.93. The molecule has 3 nitrogen and oxygen atoms in total. The number of likely N-dealkylation sites (tertiary alicyclic amines) is 1. The average molecular weight is 363 g/mol. The molecular weight excluding hydrogens is 340 g/mol. The monoisotopic (exact) mass is 362 g/mol. The van der Waals surface area contributed by atoms with Gasteiger partial charge in [-0.15, -0.1) is 11.3 Å². The highest BCUT2D eigenvalue weighted by atomic mass is 35.5. The van der Waals surface area contributed by atoms with E-state index < -0.39 is 0 Å². The molecule has 2 atom stereocenters. The lowest BCUT2D eigenvalue weighted by molar-refractivity contribution is -0.110. The van der Waals surface area contributed by atoms with Crippen LogP contribution in [0.2, 0.25) is 4.34 Å². The zero-order valence-corrected chi connectivity index (χ0v) is 15.8. The Bertz CT molecular complexity index is 747. The summed E-state index contributed by atoms with van der Waals surface area (Å²) in [6, 6.07) is 4.77. The van der Waals surface area contributed by atoms with Gasteiger partial charge in [0.2, 0.25) is 0 Å². The van der Waals surface area contributed by atoms with E-state index in [9.17, 15) is 0 Å². The van der Waals surface area contributed by atoms with Gasteiger partial charge in [0.1, 0.15) is 5.60 Å². The van der Waals surface area contributed by atoms with Crippen molar-refractivity contribution in [3.05, 3.63) is 50.4 Å². The first kappa shape index (κ1) is 16.5. The molecule has 2 aromatic rings. The zero-order valence-electron chi connectivity index (χ0n) is 14.2. The standard InChI is InChI=1S/C19H23ClN2OS/c1-13-11-21-6-3-16(13)12-22-7-5-19(10-14(22)2)18-15(4-8-23-19)9-17(20)24-18/h3,6,9,11,14H,4-5,7-8,10,12H2,1-2H3/t14-,19+/m0/s1. The lowest BCUT2D eigenvalue weighted by Gasteiger charge is -2.47. The van der Waals surface area contributed by atoms with Gasteiger partial charge in [-0.2, -0.15) is 0 Å². The van der Waals surface area contributed by atoms with E-state index in [0.717, 1.165) is 43.3 Å². The molecule has 5 heteroatoms. The first-order valence-corrected chi connectivity index (χ1v) is 9.83. The molecule has 2 aliphatic heterocycles. The quantitative estimate of drug-likeness (QED) is 0.783. The smallest absolute Gasteiger partial charge is 0.105 e. The third kappa shape index (κ3) is 2.90. The van der Waals surface area contributed by atoms with Crippen LogP contribution in [0.5, 0.6) is 0 Å². The molecule has 24 heavy (non-hydrogen) atoms. The first-order valence-electron chi connectivity index (χ1n) is 8.63. The summed E-state index contributed by atoms with van der Waals surface area (Å²) in [5, 5.41) is 0. The van der Waals surface area contributed by atoms with Crippen molar-refractivity contribution in [2.45, 2.75) is 51.3 Å². The minimum atomic E-state index is -0.116. The molecule has 4 heterocycles. The molecule has 0 unspecified atom stereocenters. The number of rotatable bonds is 2. The van der Waals surface area contributed by atoms with E-state index in [1.165, 1.54) is 21.6 Å². The number of nitrogens with zero attached hydrogens (tertiary/aromatic N) is 2. The van der Waals surface area contributed by atoms with Gasteiger partial charge in [0.25, 0.3) is 0 Å². The van der Waals surface area contributed by atoms with Crippen LogP contribution < -0.4 is 0 Å². The lowest BCUT2D eigenvalue weighted by Crippen LogP contribution is -2.50. The van der Waals surface area contributed by atoms with E-state index in [0.29, 0.717) is 6.04 Å². The molecular formula is C19H23ClN2OS.